The number of aromatic nitrogens is 2. The zero-order chi connectivity index (χ0) is 13.4. The Hall–Kier alpha value is -1.78. The number of fused-ring (bicyclic) bond motifs is 1. The van der Waals surface area contributed by atoms with Gasteiger partial charge in [-0.15, -0.1) is 11.3 Å². The van der Waals surface area contributed by atoms with Gasteiger partial charge in [0.1, 0.15) is 6.10 Å². The van der Waals surface area contributed by atoms with Crippen molar-refractivity contribution in [3.8, 4) is 0 Å². The molecule has 0 radical (unpaired) electrons. The first-order valence-electron chi connectivity index (χ1n) is 6.12. The van der Waals surface area contributed by atoms with Crippen LogP contribution in [-0.2, 0) is 0 Å². The summed E-state index contributed by atoms with van der Waals surface area (Å²) in [6.45, 7) is 3.89. The minimum atomic E-state index is -0.640. The standard InChI is InChI=1S/C15H14N2OS/c1-9-15(19-10(2)17-9)14(18)12-5-3-7-13-11(12)6-4-8-16-13/h3-8,14,18H,1-2H3. The normalized spacial score (nSPS) is 12.8. The van der Waals surface area contributed by atoms with Gasteiger partial charge in [0.05, 0.1) is 21.1 Å². The van der Waals surface area contributed by atoms with Crippen LogP contribution < -0.4 is 0 Å². The van der Waals surface area contributed by atoms with E-state index in [-0.39, 0.29) is 0 Å². The second-order valence-corrected chi connectivity index (χ2v) is 5.74. The van der Waals surface area contributed by atoms with Gasteiger partial charge in [0.2, 0.25) is 0 Å². The molecule has 1 unspecified atom stereocenters. The second-order valence-electron chi connectivity index (χ2n) is 4.50. The molecule has 0 saturated heterocycles. The number of rotatable bonds is 2. The summed E-state index contributed by atoms with van der Waals surface area (Å²) in [6, 6.07) is 9.71. The third kappa shape index (κ3) is 2.13. The molecular formula is C15H14N2OS. The molecule has 0 fully saturated rings. The van der Waals surface area contributed by atoms with E-state index < -0.39 is 6.10 Å². The number of pyridine rings is 1. The minimum Gasteiger partial charge on any atom is -0.383 e. The van der Waals surface area contributed by atoms with Gasteiger partial charge in [0.25, 0.3) is 0 Å². The van der Waals surface area contributed by atoms with E-state index in [0.29, 0.717) is 0 Å². The SMILES string of the molecule is Cc1nc(C)c(C(O)c2cccc3ncccc23)s1. The number of benzene rings is 1. The first kappa shape index (κ1) is 12.3. The summed E-state index contributed by atoms with van der Waals surface area (Å²) in [4.78, 5) is 9.61. The zero-order valence-corrected chi connectivity index (χ0v) is 11.6. The van der Waals surface area contributed by atoms with Crippen molar-refractivity contribution in [2.24, 2.45) is 0 Å². The van der Waals surface area contributed by atoms with Crippen LogP contribution in [0.15, 0.2) is 36.5 Å². The van der Waals surface area contributed by atoms with Gasteiger partial charge in [-0.1, -0.05) is 18.2 Å². The van der Waals surface area contributed by atoms with Gasteiger partial charge in [-0.2, -0.15) is 0 Å². The maximum absolute atomic E-state index is 10.6. The number of aliphatic hydroxyl groups is 1. The molecule has 0 bridgehead atoms. The largest absolute Gasteiger partial charge is 0.383 e. The molecule has 2 aromatic heterocycles. The highest BCUT2D eigenvalue weighted by molar-refractivity contribution is 7.11. The highest BCUT2D eigenvalue weighted by atomic mass is 32.1. The maximum Gasteiger partial charge on any atom is 0.116 e. The molecular weight excluding hydrogens is 256 g/mol. The van der Waals surface area contributed by atoms with Gasteiger partial charge >= 0.3 is 0 Å². The van der Waals surface area contributed by atoms with Gasteiger partial charge in [0, 0.05) is 11.6 Å². The van der Waals surface area contributed by atoms with Crippen molar-refractivity contribution in [1.82, 2.24) is 9.97 Å². The summed E-state index contributed by atoms with van der Waals surface area (Å²) < 4.78 is 0. The van der Waals surface area contributed by atoms with E-state index in [4.69, 9.17) is 0 Å². The highest BCUT2D eigenvalue weighted by Gasteiger charge is 2.18. The Labute approximate surface area is 115 Å². The molecule has 1 N–H and O–H groups in total. The Morgan fingerprint density at radius 1 is 1.16 bits per heavy atom. The summed E-state index contributed by atoms with van der Waals surface area (Å²) in [6.07, 6.45) is 1.12. The van der Waals surface area contributed by atoms with E-state index in [1.54, 1.807) is 17.5 Å². The lowest BCUT2D eigenvalue weighted by atomic mass is 10.0. The molecule has 0 aliphatic rings. The van der Waals surface area contributed by atoms with Crippen LogP contribution in [0.5, 0.6) is 0 Å². The predicted molar refractivity (Wildman–Crippen MR) is 77.4 cm³/mol. The summed E-state index contributed by atoms with van der Waals surface area (Å²) in [5, 5.41) is 12.6. The summed E-state index contributed by atoms with van der Waals surface area (Å²) in [5.74, 6) is 0. The average Bonchev–Trinajstić information content (AvgIpc) is 2.76. The van der Waals surface area contributed by atoms with Gasteiger partial charge < -0.3 is 5.11 Å². The zero-order valence-electron chi connectivity index (χ0n) is 10.8. The van der Waals surface area contributed by atoms with Crippen LogP contribution >= 0.6 is 11.3 Å². The highest BCUT2D eigenvalue weighted by Crippen LogP contribution is 2.33. The molecule has 4 heteroatoms. The van der Waals surface area contributed by atoms with Crippen LogP contribution in [0.2, 0.25) is 0 Å². The van der Waals surface area contributed by atoms with Gasteiger partial charge in [-0.05, 0) is 31.5 Å². The molecule has 3 rings (SSSR count). The van der Waals surface area contributed by atoms with E-state index >= 15 is 0 Å². The number of aliphatic hydroxyl groups excluding tert-OH is 1. The van der Waals surface area contributed by atoms with Gasteiger partial charge in [-0.3, -0.25) is 4.98 Å². The average molecular weight is 270 g/mol. The van der Waals surface area contributed by atoms with Crippen LogP contribution in [-0.4, -0.2) is 15.1 Å². The van der Waals surface area contributed by atoms with Crippen molar-refractivity contribution >= 4 is 22.2 Å². The summed E-state index contributed by atoms with van der Waals surface area (Å²) in [7, 11) is 0. The maximum atomic E-state index is 10.6. The van der Waals surface area contributed by atoms with Crippen molar-refractivity contribution in [2.45, 2.75) is 20.0 Å². The van der Waals surface area contributed by atoms with Crippen molar-refractivity contribution < 1.29 is 5.11 Å². The fourth-order valence-electron chi connectivity index (χ4n) is 2.31. The first-order chi connectivity index (χ1) is 9.16. The van der Waals surface area contributed by atoms with Crippen LogP contribution in [0.3, 0.4) is 0 Å². The number of thiazole rings is 1. The van der Waals surface area contributed by atoms with E-state index in [1.165, 1.54) is 0 Å². The molecule has 0 saturated carbocycles. The Balaban J connectivity index is 2.16. The fourth-order valence-corrected chi connectivity index (χ4v) is 3.24. The van der Waals surface area contributed by atoms with Gasteiger partial charge in [-0.25, -0.2) is 4.98 Å². The number of hydrogen-bond donors (Lipinski definition) is 1. The molecule has 96 valence electrons. The molecule has 0 amide bonds. The van der Waals surface area contributed by atoms with Crippen LogP contribution in [0, 0.1) is 13.8 Å². The third-order valence-electron chi connectivity index (χ3n) is 3.16. The Morgan fingerprint density at radius 3 is 2.74 bits per heavy atom. The summed E-state index contributed by atoms with van der Waals surface area (Å²) in [5.41, 5.74) is 2.69. The first-order valence-corrected chi connectivity index (χ1v) is 6.94. The van der Waals surface area contributed by atoms with E-state index in [1.807, 2.05) is 44.2 Å². The fraction of sp³-hybridized carbons (Fsp3) is 0.200. The quantitative estimate of drug-likeness (QED) is 0.776. The van der Waals surface area contributed by atoms with E-state index in [2.05, 4.69) is 9.97 Å². The van der Waals surface area contributed by atoms with Crippen molar-refractivity contribution in [3.63, 3.8) is 0 Å². The molecule has 0 spiro atoms. The molecule has 3 nitrogen and oxygen atoms in total. The van der Waals surface area contributed by atoms with Crippen LogP contribution in [0.4, 0.5) is 0 Å². The summed E-state index contributed by atoms with van der Waals surface area (Å²) >= 11 is 1.54. The van der Waals surface area contributed by atoms with Crippen molar-refractivity contribution in [1.29, 1.82) is 0 Å². The number of nitrogens with zero attached hydrogens (tertiary/aromatic N) is 2. The van der Waals surface area contributed by atoms with Crippen molar-refractivity contribution in [2.75, 3.05) is 0 Å². The molecule has 19 heavy (non-hydrogen) atoms. The second kappa shape index (κ2) is 4.72. The Kier molecular flexibility index (Phi) is 3.05. The monoisotopic (exact) mass is 270 g/mol. The lowest BCUT2D eigenvalue weighted by Gasteiger charge is -2.12. The molecule has 2 heterocycles. The van der Waals surface area contributed by atoms with Gasteiger partial charge in [0.15, 0.2) is 0 Å². The van der Waals surface area contributed by atoms with E-state index in [0.717, 1.165) is 32.0 Å². The predicted octanol–water partition coefficient (Wildman–Crippen LogP) is 3.39. The van der Waals surface area contributed by atoms with Crippen LogP contribution in [0.1, 0.15) is 27.2 Å². The third-order valence-corrected chi connectivity index (χ3v) is 4.29. The minimum absolute atomic E-state index is 0.640. The lowest BCUT2D eigenvalue weighted by Crippen LogP contribution is -2.00. The molecule has 1 atom stereocenters. The Morgan fingerprint density at radius 2 is 2.00 bits per heavy atom. The Bertz CT molecular complexity index is 731. The van der Waals surface area contributed by atoms with Crippen molar-refractivity contribution in [3.05, 3.63) is 57.7 Å². The lowest BCUT2D eigenvalue weighted by molar-refractivity contribution is 0.224. The molecule has 0 aliphatic heterocycles. The molecule has 1 aromatic carbocycles. The number of aryl methyl sites for hydroxylation is 2. The number of hydrogen-bond acceptors (Lipinski definition) is 4. The van der Waals surface area contributed by atoms with E-state index in [9.17, 15) is 5.11 Å². The van der Waals surface area contributed by atoms with Crippen LogP contribution in [0.25, 0.3) is 10.9 Å². The molecule has 0 aliphatic carbocycles. The topological polar surface area (TPSA) is 46.0 Å². The molecule has 3 aromatic rings. The smallest absolute Gasteiger partial charge is 0.116 e.